The number of benzene rings is 2. The lowest BCUT2D eigenvalue weighted by molar-refractivity contribution is -0.112. The smallest absolute Gasteiger partial charge is 0.268 e. The van der Waals surface area contributed by atoms with Crippen molar-refractivity contribution in [2.45, 2.75) is 18.2 Å². The van der Waals surface area contributed by atoms with Crippen LogP contribution in [0, 0.1) is 25.2 Å². The molecule has 0 bridgehead atoms. The van der Waals surface area contributed by atoms with Gasteiger partial charge in [0.2, 0.25) is 19.3 Å². The molecule has 1 amide bonds. The summed E-state index contributed by atoms with van der Waals surface area (Å²) in [5.41, 5.74) is 2.35. The minimum absolute atomic E-state index is 0.0403. The molecule has 0 saturated carbocycles. The third-order valence-electron chi connectivity index (χ3n) is 4.57. The zero-order valence-corrected chi connectivity index (χ0v) is 21.4. The molecule has 3 aromatic rings. The van der Waals surface area contributed by atoms with Crippen LogP contribution in [-0.4, -0.2) is 44.0 Å². The maximum atomic E-state index is 12.4. The number of nitrogens with zero attached hydrogens (tertiary/aromatic N) is 3. The van der Waals surface area contributed by atoms with Crippen LogP contribution < -0.4 is 14.8 Å². The fourth-order valence-electron chi connectivity index (χ4n) is 2.94. The van der Waals surface area contributed by atoms with Crippen molar-refractivity contribution in [2.24, 2.45) is 0 Å². The fourth-order valence-corrected chi connectivity index (χ4v) is 4.68. The third kappa shape index (κ3) is 7.02. The summed E-state index contributed by atoms with van der Waals surface area (Å²) in [6.07, 6.45) is 2.32. The number of amides is 1. The summed E-state index contributed by atoms with van der Waals surface area (Å²) in [5.74, 6) is 0.494. The number of nitriles is 1. The molecule has 35 heavy (non-hydrogen) atoms. The Morgan fingerprint density at radius 2 is 1.86 bits per heavy atom. The van der Waals surface area contributed by atoms with E-state index in [1.54, 1.807) is 24.3 Å². The molecule has 0 saturated heterocycles. The Labute approximate surface area is 211 Å². The van der Waals surface area contributed by atoms with Gasteiger partial charge in [0.25, 0.3) is 5.91 Å². The first-order chi connectivity index (χ1) is 16.6. The van der Waals surface area contributed by atoms with E-state index in [1.807, 2.05) is 32.0 Å². The Morgan fingerprint density at radius 3 is 2.46 bits per heavy atom. The van der Waals surface area contributed by atoms with Gasteiger partial charge in [-0.05, 0) is 48.7 Å². The standard InChI is InChI=1S/C23H21ClN4O5S2/c1-14-5-4-6-15(2)20(14)33-10-9-32-19-8-7-16(12-18(19)24)11-17(13-25)21(29)26-22-27-28-23(34-22)35(3,30)31/h4-8,11-12H,9-10H2,1-3H3,(H,26,27,29)/b17-11-. The summed E-state index contributed by atoms with van der Waals surface area (Å²) in [7, 11) is -3.55. The molecular formula is C23H21ClN4O5S2. The minimum Gasteiger partial charge on any atom is -0.489 e. The van der Waals surface area contributed by atoms with E-state index in [4.69, 9.17) is 21.1 Å². The van der Waals surface area contributed by atoms with E-state index < -0.39 is 15.7 Å². The predicted molar refractivity (Wildman–Crippen MR) is 134 cm³/mol. The first-order valence-electron chi connectivity index (χ1n) is 10.2. The van der Waals surface area contributed by atoms with Crippen LogP contribution in [0.3, 0.4) is 0 Å². The quantitative estimate of drug-likeness (QED) is 0.187. The fraction of sp³-hybridized carbons (Fsp3) is 0.217. The number of carbonyl (C=O) groups is 1. The highest BCUT2D eigenvalue weighted by Crippen LogP contribution is 2.27. The molecule has 2 aromatic carbocycles. The number of aryl methyl sites for hydroxylation is 2. The lowest BCUT2D eigenvalue weighted by Gasteiger charge is -2.13. The molecule has 12 heteroatoms. The predicted octanol–water partition coefficient (Wildman–Crippen LogP) is 4.22. The van der Waals surface area contributed by atoms with Gasteiger partial charge in [0.1, 0.15) is 36.4 Å². The SMILES string of the molecule is Cc1cccc(C)c1OCCOc1ccc(/C=C(/C#N)C(=O)Nc2nnc(S(C)(=O)=O)s2)cc1Cl. The van der Waals surface area contributed by atoms with Gasteiger partial charge in [-0.1, -0.05) is 47.2 Å². The second kappa shape index (κ2) is 11.3. The van der Waals surface area contributed by atoms with E-state index in [0.29, 0.717) is 34.3 Å². The molecule has 0 spiro atoms. The van der Waals surface area contributed by atoms with E-state index in [2.05, 4.69) is 15.5 Å². The topological polar surface area (TPSA) is 131 Å². The molecule has 0 atom stereocenters. The largest absolute Gasteiger partial charge is 0.489 e. The number of hydrogen-bond acceptors (Lipinski definition) is 9. The summed E-state index contributed by atoms with van der Waals surface area (Å²) in [5, 5.41) is 19.1. The minimum atomic E-state index is -3.55. The molecule has 0 aliphatic rings. The summed E-state index contributed by atoms with van der Waals surface area (Å²) in [6.45, 7) is 4.55. The molecule has 182 valence electrons. The second-order valence-corrected chi connectivity index (χ2v) is 11.0. The zero-order valence-electron chi connectivity index (χ0n) is 19.0. The highest BCUT2D eigenvalue weighted by atomic mass is 35.5. The Morgan fingerprint density at radius 1 is 1.17 bits per heavy atom. The number of anilines is 1. The van der Waals surface area contributed by atoms with Crippen molar-refractivity contribution in [2.75, 3.05) is 24.8 Å². The van der Waals surface area contributed by atoms with Gasteiger partial charge < -0.3 is 9.47 Å². The number of sulfone groups is 1. The van der Waals surface area contributed by atoms with Gasteiger partial charge >= 0.3 is 0 Å². The van der Waals surface area contributed by atoms with Crippen molar-refractivity contribution in [1.82, 2.24) is 10.2 Å². The summed E-state index contributed by atoms with van der Waals surface area (Å²) in [4.78, 5) is 12.4. The molecule has 0 unspecified atom stereocenters. The summed E-state index contributed by atoms with van der Waals surface area (Å²) >= 11 is 6.99. The Kier molecular flexibility index (Phi) is 8.45. The van der Waals surface area contributed by atoms with Crippen molar-refractivity contribution in [3.05, 3.63) is 63.7 Å². The van der Waals surface area contributed by atoms with Crippen LogP contribution in [0.1, 0.15) is 16.7 Å². The van der Waals surface area contributed by atoms with Gasteiger partial charge in [-0.25, -0.2) is 8.42 Å². The van der Waals surface area contributed by atoms with Crippen molar-refractivity contribution < 1.29 is 22.7 Å². The molecule has 0 fully saturated rings. The van der Waals surface area contributed by atoms with E-state index in [9.17, 15) is 18.5 Å². The highest BCUT2D eigenvalue weighted by molar-refractivity contribution is 7.92. The van der Waals surface area contributed by atoms with Gasteiger partial charge in [-0.15, -0.1) is 10.2 Å². The molecule has 1 N–H and O–H groups in total. The number of nitrogens with one attached hydrogen (secondary N) is 1. The molecule has 1 heterocycles. The molecule has 9 nitrogen and oxygen atoms in total. The lowest BCUT2D eigenvalue weighted by atomic mass is 10.1. The van der Waals surface area contributed by atoms with Crippen molar-refractivity contribution >= 4 is 49.9 Å². The Bertz CT molecular complexity index is 1410. The van der Waals surface area contributed by atoms with Gasteiger partial charge in [-0.3, -0.25) is 10.1 Å². The zero-order chi connectivity index (χ0) is 25.6. The van der Waals surface area contributed by atoms with E-state index in [-0.39, 0.29) is 21.7 Å². The number of aromatic nitrogens is 2. The van der Waals surface area contributed by atoms with Crippen LogP contribution in [-0.2, 0) is 14.6 Å². The molecular weight excluding hydrogens is 512 g/mol. The van der Waals surface area contributed by atoms with Crippen molar-refractivity contribution in [1.29, 1.82) is 5.26 Å². The monoisotopic (exact) mass is 532 g/mol. The average Bonchev–Trinajstić information content (AvgIpc) is 3.27. The van der Waals surface area contributed by atoms with Crippen LogP contribution in [0.2, 0.25) is 5.02 Å². The van der Waals surface area contributed by atoms with E-state index >= 15 is 0 Å². The average molecular weight is 533 g/mol. The van der Waals surface area contributed by atoms with Crippen LogP contribution >= 0.6 is 22.9 Å². The maximum Gasteiger partial charge on any atom is 0.268 e. The Balaban J connectivity index is 1.61. The van der Waals surface area contributed by atoms with Crippen LogP contribution in [0.25, 0.3) is 6.08 Å². The number of carbonyl (C=O) groups excluding carboxylic acids is 1. The van der Waals surface area contributed by atoms with Gasteiger partial charge in [0, 0.05) is 6.26 Å². The van der Waals surface area contributed by atoms with Crippen molar-refractivity contribution in [3.63, 3.8) is 0 Å². The Hall–Kier alpha value is -3.46. The van der Waals surface area contributed by atoms with Crippen LogP contribution in [0.15, 0.2) is 46.3 Å². The number of ether oxygens (including phenoxy) is 2. The number of rotatable bonds is 9. The number of halogens is 1. The number of para-hydroxylation sites is 1. The van der Waals surface area contributed by atoms with Gasteiger partial charge in [-0.2, -0.15) is 5.26 Å². The van der Waals surface area contributed by atoms with E-state index in [0.717, 1.165) is 23.1 Å². The molecule has 0 aliphatic heterocycles. The first kappa shape index (κ1) is 26.2. The molecule has 0 radical (unpaired) electrons. The number of hydrogen-bond donors (Lipinski definition) is 1. The van der Waals surface area contributed by atoms with E-state index in [1.165, 1.54) is 6.08 Å². The maximum absolute atomic E-state index is 12.4. The van der Waals surface area contributed by atoms with Gasteiger partial charge in [0.05, 0.1) is 5.02 Å². The molecule has 3 rings (SSSR count). The lowest BCUT2D eigenvalue weighted by Crippen LogP contribution is -2.13. The molecule has 1 aromatic heterocycles. The van der Waals surface area contributed by atoms with Crippen molar-refractivity contribution in [3.8, 4) is 17.6 Å². The van der Waals surface area contributed by atoms with Gasteiger partial charge in [0.15, 0.2) is 0 Å². The summed E-state index contributed by atoms with van der Waals surface area (Å²) < 4.78 is 34.3. The van der Waals surface area contributed by atoms with Crippen LogP contribution in [0.5, 0.6) is 11.5 Å². The second-order valence-electron chi connectivity index (χ2n) is 7.38. The highest BCUT2D eigenvalue weighted by Gasteiger charge is 2.17. The summed E-state index contributed by atoms with van der Waals surface area (Å²) in [6, 6.07) is 12.6. The first-order valence-corrected chi connectivity index (χ1v) is 13.2. The normalized spacial score (nSPS) is 11.6. The third-order valence-corrected chi connectivity index (χ3v) is 7.38. The molecule has 0 aliphatic carbocycles. The van der Waals surface area contributed by atoms with Crippen LogP contribution in [0.4, 0.5) is 5.13 Å².